The Labute approximate surface area is 119 Å². The van der Waals surface area contributed by atoms with Crippen LogP contribution in [0.5, 0.6) is 0 Å². The molecule has 0 radical (unpaired) electrons. The summed E-state index contributed by atoms with van der Waals surface area (Å²) < 4.78 is 1.03. The highest BCUT2D eigenvalue weighted by Crippen LogP contribution is 2.19. The molecule has 0 fully saturated rings. The van der Waals surface area contributed by atoms with Crippen LogP contribution < -0.4 is 10.6 Å². The Balaban J connectivity index is 2.68. The Kier molecular flexibility index (Phi) is 7.28. The molecule has 0 aliphatic carbocycles. The first-order chi connectivity index (χ1) is 8.71. The van der Waals surface area contributed by atoms with E-state index in [0.29, 0.717) is 0 Å². The van der Waals surface area contributed by atoms with E-state index < -0.39 is 0 Å². The van der Waals surface area contributed by atoms with Crippen LogP contribution in [-0.4, -0.2) is 18.1 Å². The van der Waals surface area contributed by atoms with Crippen LogP contribution >= 0.6 is 15.9 Å². The monoisotopic (exact) mass is 313 g/mol. The highest BCUT2D eigenvalue weighted by molar-refractivity contribution is 9.10. The quantitative estimate of drug-likeness (QED) is 0.766. The van der Waals surface area contributed by atoms with Crippen molar-refractivity contribution >= 4 is 21.7 Å². The minimum atomic E-state index is 0.724. The average molecular weight is 314 g/mol. The van der Waals surface area contributed by atoms with Gasteiger partial charge < -0.3 is 10.6 Å². The molecule has 4 heteroatoms. The van der Waals surface area contributed by atoms with Gasteiger partial charge in [-0.3, -0.25) is 0 Å². The lowest BCUT2D eigenvalue weighted by atomic mass is 10.0. The summed E-state index contributed by atoms with van der Waals surface area (Å²) >= 11 is 3.48. The first-order valence-corrected chi connectivity index (χ1v) is 7.59. The summed E-state index contributed by atoms with van der Waals surface area (Å²) in [5.41, 5.74) is 1.22. The van der Waals surface area contributed by atoms with Crippen molar-refractivity contribution in [3.05, 3.63) is 22.3 Å². The molecule has 0 saturated carbocycles. The van der Waals surface area contributed by atoms with E-state index in [1.165, 1.54) is 18.4 Å². The number of hydrogen-bond acceptors (Lipinski definition) is 3. The Morgan fingerprint density at radius 1 is 1.28 bits per heavy atom. The van der Waals surface area contributed by atoms with Gasteiger partial charge in [0.15, 0.2) is 0 Å². The Morgan fingerprint density at radius 2 is 2.00 bits per heavy atom. The minimum Gasteiger partial charge on any atom is -0.370 e. The first-order valence-electron chi connectivity index (χ1n) is 6.80. The summed E-state index contributed by atoms with van der Waals surface area (Å²) in [6, 6.07) is 2.13. The van der Waals surface area contributed by atoms with Gasteiger partial charge in [0.05, 0.1) is 0 Å². The van der Waals surface area contributed by atoms with Gasteiger partial charge >= 0.3 is 0 Å². The number of halogens is 1. The van der Waals surface area contributed by atoms with Crippen LogP contribution in [0, 0.1) is 5.92 Å². The molecule has 0 saturated heterocycles. The number of nitrogens with one attached hydrogen (secondary N) is 2. The molecule has 1 heterocycles. The fourth-order valence-corrected chi connectivity index (χ4v) is 2.23. The molecular weight excluding hydrogens is 290 g/mol. The van der Waals surface area contributed by atoms with Gasteiger partial charge in [-0.2, -0.15) is 0 Å². The third-order valence-electron chi connectivity index (χ3n) is 3.21. The Hall–Kier alpha value is -0.610. The maximum Gasteiger partial charge on any atom is 0.130 e. The van der Waals surface area contributed by atoms with Crippen LogP contribution in [0.4, 0.5) is 5.82 Å². The van der Waals surface area contributed by atoms with Crippen molar-refractivity contribution in [2.45, 2.75) is 40.2 Å². The van der Waals surface area contributed by atoms with Gasteiger partial charge in [-0.25, -0.2) is 4.98 Å². The molecular formula is C14H24BrN3. The standard InChI is InChI=1S/C14H24BrN3/c1-4-11(5-2)8-17-14-12(9-16-6-3)7-13(15)10-18-14/h7,10-11,16H,4-6,8-9H2,1-3H3,(H,17,18). The molecule has 0 amide bonds. The van der Waals surface area contributed by atoms with Gasteiger partial charge in [-0.15, -0.1) is 0 Å². The molecule has 1 aromatic heterocycles. The molecule has 0 atom stereocenters. The molecule has 2 N–H and O–H groups in total. The third kappa shape index (κ3) is 4.94. The first kappa shape index (κ1) is 15.4. The van der Waals surface area contributed by atoms with Gasteiger partial charge in [-0.05, 0) is 34.5 Å². The van der Waals surface area contributed by atoms with Crippen molar-refractivity contribution in [2.75, 3.05) is 18.4 Å². The van der Waals surface area contributed by atoms with Crippen molar-refractivity contribution in [1.82, 2.24) is 10.3 Å². The number of rotatable bonds is 8. The van der Waals surface area contributed by atoms with E-state index in [1.807, 2.05) is 6.20 Å². The predicted molar refractivity (Wildman–Crippen MR) is 81.9 cm³/mol. The maximum atomic E-state index is 4.47. The SMILES string of the molecule is CCNCc1cc(Br)cnc1NCC(CC)CC. The summed E-state index contributed by atoms with van der Waals surface area (Å²) in [6.45, 7) is 9.42. The van der Waals surface area contributed by atoms with Crippen LogP contribution in [0.3, 0.4) is 0 Å². The maximum absolute atomic E-state index is 4.47. The van der Waals surface area contributed by atoms with Gasteiger partial charge in [0, 0.05) is 29.3 Å². The largest absolute Gasteiger partial charge is 0.370 e. The van der Waals surface area contributed by atoms with Crippen molar-refractivity contribution in [2.24, 2.45) is 5.92 Å². The number of hydrogen-bond donors (Lipinski definition) is 2. The molecule has 102 valence electrons. The number of aromatic nitrogens is 1. The number of anilines is 1. The van der Waals surface area contributed by atoms with Crippen LogP contribution in [0.15, 0.2) is 16.7 Å². The van der Waals surface area contributed by atoms with E-state index in [-0.39, 0.29) is 0 Å². The Bertz CT molecular complexity index is 351. The van der Waals surface area contributed by atoms with Gasteiger partial charge in [0.25, 0.3) is 0 Å². The van der Waals surface area contributed by atoms with Gasteiger partial charge in [-0.1, -0.05) is 33.6 Å². The van der Waals surface area contributed by atoms with E-state index in [0.717, 1.165) is 35.8 Å². The topological polar surface area (TPSA) is 37.0 Å². The highest BCUT2D eigenvalue weighted by atomic mass is 79.9. The molecule has 0 unspecified atom stereocenters. The average Bonchev–Trinajstić information content (AvgIpc) is 2.39. The fraction of sp³-hybridized carbons (Fsp3) is 0.643. The third-order valence-corrected chi connectivity index (χ3v) is 3.65. The second-order valence-corrected chi connectivity index (χ2v) is 5.42. The van der Waals surface area contributed by atoms with Crippen molar-refractivity contribution in [1.29, 1.82) is 0 Å². The molecule has 0 aromatic carbocycles. The number of nitrogens with zero attached hydrogens (tertiary/aromatic N) is 1. The molecule has 1 aromatic rings. The molecule has 0 spiro atoms. The van der Waals surface area contributed by atoms with E-state index in [1.54, 1.807) is 0 Å². The molecule has 1 rings (SSSR count). The van der Waals surface area contributed by atoms with Crippen molar-refractivity contribution < 1.29 is 0 Å². The molecule has 0 aliphatic rings. The van der Waals surface area contributed by atoms with Crippen LogP contribution in [0.25, 0.3) is 0 Å². The lowest BCUT2D eigenvalue weighted by Crippen LogP contribution is -2.18. The molecule has 18 heavy (non-hydrogen) atoms. The van der Waals surface area contributed by atoms with E-state index >= 15 is 0 Å². The summed E-state index contributed by atoms with van der Waals surface area (Å²) in [5, 5.41) is 6.83. The summed E-state index contributed by atoms with van der Waals surface area (Å²) in [4.78, 5) is 4.47. The lowest BCUT2D eigenvalue weighted by Gasteiger charge is -2.16. The summed E-state index contributed by atoms with van der Waals surface area (Å²) in [7, 11) is 0. The van der Waals surface area contributed by atoms with E-state index in [9.17, 15) is 0 Å². The molecule has 3 nitrogen and oxygen atoms in total. The number of pyridine rings is 1. The van der Waals surface area contributed by atoms with Crippen LogP contribution in [0.2, 0.25) is 0 Å². The molecule has 0 aliphatic heterocycles. The predicted octanol–water partition coefficient (Wildman–Crippen LogP) is 3.80. The van der Waals surface area contributed by atoms with Gasteiger partial charge in [0.1, 0.15) is 5.82 Å². The second kappa shape index (κ2) is 8.48. The smallest absolute Gasteiger partial charge is 0.130 e. The fourth-order valence-electron chi connectivity index (χ4n) is 1.85. The second-order valence-electron chi connectivity index (χ2n) is 4.51. The zero-order valence-electron chi connectivity index (χ0n) is 11.6. The highest BCUT2D eigenvalue weighted by Gasteiger charge is 2.07. The zero-order chi connectivity index (χ0) is 13.4. The van der Waals surface area contributed by atoms with E-state index in [2.05, 4.69) is 58.4 Å². The van der Waals surface area contributed by atoms with Crippen LogP contribution in [-0.2, 0) is 6.54 Å². The van der Waals surface area contributed by atoms with Crippen molar-refractivity contribution in [3.8, 4) is 0 Å². The minimum absolute atomic E-state index is 0.724. The lowest BCUT2D eigenvalue weighted by molar-refractivity contribution is 0.518. The Morgan fingerprint density at radius 3 is 2.61 bits per heavy atom. The summed E-state index contributed by atoms with van der Waals surface area (Å²) in [5.74, 6) is 1.73. The zero-order valence-corrected chi connectivity index (χ0v) is 13.2. The normalized spacial score (nSPS) is 10.9. The van der Waals surface area contributed by atoms with Crippen molar-refractivity contribution in [3.63, 3.8) is 0 Å². The van der Waals surface area contributed by atoms with Crippen LogP contribution in [0.1, 0.15) is 39.2 Å². The molecule has 0 bridgehead atoms. The summed E-state index contributed by atoms with van der Waals surface area (Å²) in [6.07, 6.45) is 4.27. The van der Waals surface area contributed by atoms with Gasteiger partial charge in [0.2, 0.25) is 0 Å². The van der Waals surface area contributed by atoms with E-state index in [4.69, 9.17) is 0 Å².